The quantitative estimate of drug-likeness (QED) is 0.590. The van der Waals surface area contributed by atoms with E-state index >= 15 is 0 Å². The minimum absolute atomic E-state index is 0.104. The summed E-state index contributed by atoms with van der Waals surface area (Å²) in [5.41, 5.74) is 1.16. The topological polar surface area (TPSA) is 88.3 Å². The zero-order chi connectivity index (χ0) is 18.6. The highest BCUT2D eigenvalue weighted by molar-refractivity contribution is 6.35. The number of carbonyl (C=O) groups excluding carboxylic acids is 3. The van der Waals surface area contributed by atoms with Crippen LogP contribution in [0.3, 0.4) is 0 Å². The summed E-state index contributed by atoms with van der Waals surface area (Å²) in [6, 6.07) is 5.95. The molecule has 6 nitrogen and oxygen atoms in total. The predicted octanol–water partition coefficient (Wildman–Crippen LogP) is 3.56. The number of carbonyl (C=O) groups is 3. The molecule has 1 atom stereocenters. The molecule has 0 aliphatic carbocycles. The van der Waals surface area contributed by atoms with E-state index in [1.54, 1.807) is 25.1 Å². The summed E-state index contributed by atoms with van der Waals surface area (Å²) < 4.78 is 4.92. The molecule has 0 radical (unpaired) electrons. The molecular weight excluding hydrogens is 367 g/mol. The Kier molecular flexibility index (Phi) is 6.22. The van der Waals surface area contributed by atoms with Crippen molar-refractivity contribution in [2.24, 2.45) is 0 Å². The van der Waals surface area contributed by atoms with Crippen LogP contribution in [0.25, 0.3) is 0 Å². The van der Waals surface area contributed by atoms with Crippen LogP contribution in [0.4, 0.5) is 0 Å². The molecule has 1 amide bonds. The van der Waals surface area contributed by atoms with Crippen molar-refractivity contribution in [2.75, 3.05) is 6.61 Å². The van der Waals surface area contributed by atoms with Gasteiger partial charge in [-0.2, -0.15) is 0 Å². The van der Waals surface area contributed by atoms with Crippen molar-refractivity contribution in [3.05, 3.63) is 57.3 Å². The van der Waals surface area contributed by atoms with Crippen LogP contribution in [0.2, 0.25) is 10.0 Å². The van der Waals surface area contributed by atoms with Gasteiger partial charge in [-0.15, -0.1) is 0 Å². The van der Waals surface area contributed by atoms with Gasteiger partial charge in [0.2, 0.25) is 0 Å². The molecule has 0 saturated heterocycles. The third-order valence-corrected chi connectivity index (χ3v) is 4.01. The molecule has 0 spiro atoms. The van der Waals surface area contributed by atoms with Crippen LogP contribution < -0.4 is 5.32 Å². The van der Waals surface area contributed by atoms with E-state index in [1.165, 1.54) is 19.2 Å². The number of hydrogen-bond acceptors (Lipinski definition) is 4. The predicted molar refractivity (Wildman–Crippen MR) is 94.1 cm³/mol. The van der Waals surface area contributed by atoms with Gasteiger partial charge >= 0.3 is 5.97 Å². The van der Waals surface area contributed by atoms with E-state index in [4.69, 9.17) is 27.9 Å². The largest absolute Gasteiger partial charge is 0.451 e. The zero-order valence-corrected chi connectivity index (χ0v) is 15.1. The van der Waals surface area contributed by atoms with Gasteiger partial charge in [0.15, 0.2) is 12.4 Å². The lowest BCUT2D eigenvalue weighted by molar-refractivity contribution is -0.124. The molecule has 0 saturated carbocycles. The van der Waals surface area contributed by atoms with Crippen molar-refractivity contribution < 1.29 is 19.1 Å². The van der Waals surface area contributed by atoms with Crippen LogP contribution in [-0.2, 0) is 9.53 Å². The first-order valence-corrected chi connectivity index (χ1v) is 8.14. The second kappa shape index (κ2) is 8.18. The molecule has 2 N–H and O–H groups in total. The van der Waals surface area contributed by atoms with Gasteiger partial charge in [0, 0.05) is 21.8 Å². The van der Waals surface area contributed by atoms with E-state index < -0.39 is 18.5 Å². The average Bonchev–Trinajstić information content (AvgIpc) is 3.02. The number of hydrogen-bond donors (Lipinski definition) is 2. The van der Waals surface area contributed by atoms with Gasteiger partial charge in [-0.25, -0.2) is 4.79 Å². The number of nitrogens with one attached hydrogen (secondary N) is 2. The Morgan fingerprint density at radius 1 is 1.24 bits per heavy atom. The van der Waals surface area contributed by atoms with Crippen molar-refractivity contribution in [1.29, 1.82) is 0 Å². The fraction of sp³-hybridized carbons (Fsp3) is 0.235. The van der Waals surface area contributed by atoms with Crippen molar-refractivity contribution in [3.63, 3.8) is 0 Å². The second-order valence-electron chi connectivity index (χ2n) is 5.39. The lowest BCUT2D eigenvalue weighted by Gasteiger charge is -2.16. The van der Waals surface area contributed by atoms with Crippen LogP contribution in [0.5, 0.6) is 0 Å². The van der Waals surface area contributed by atoms with E-state index in [9.17, 15) is 14.4 Å². The maximum absolute atomic E-state index is 11.9. The summed E-state index contributed by atoms with van der Waals surface area (Å²) in [6.45, 7) is 2.68. The Morgan fingerprint density at radius 3 is 2.56 bits per heavy atom. The number of ketones is 1. The molecule has 0 bridgehead atoms. The summed E-state index contributed by atoms with van der Waals surface area (Å²) in [4.78, 5) is 37.6. The van der Waals surface area contributed by atoms with Crippen molar-refractivity contribution >= 4 is 40.9 Å². The van der Waals surface area contributed by atoms with Crippen LogP contribution in [-0.4, -0.2) is 29.3 Å². The summed E-state index contributed by atoms with van der Waals surface area (Å²) in [5.74, 6) is -1.38. The van der Waals surface area contributed by atoms with E-state index in [0.717, 1.165) is 0 Å². The third-order valence-electron chi connectivity index (χ3n) is 3.45. The third kappa shape index (κ3) is 5.08. The molecule has 25 heavy (non-hydrogen) atoms. The highest BCUT2D eigenvalue weighted by Gasteiger charge is 2.16. The van der Waals surface area contributed by atoms with E-state index in [-0.39, 0.29) is 17.5 Å². The number of ether oxygens (including phenoxy) is 1. The second-order valence-corrected chi connectivity index (χ2v) is 6.23. The molecule has 1 heterocycles. The number of rotatable bonds is 6. The molecule has 1 aromatic carbocycles. The Bertz CT molecular complexity index is 817. The molecular formula is C17H16Cl2N2O4. The van der Waals surface area contributed by atoms with Gasteiger partial charge in [-0.3, -0.25) is 9.59 Å². The number of H-pyrrole nitrogens is 1. The van der Waals surface area contributed by atoms with Gasteiger partial charge in [-0.05, 0) is 37.6 Å². The monoisotopic (exact) mass is 382 g/mol. The number of benzene rings is 1. The number of amides is 1. The first-order chi connectivity index (χ1) is 11.8. The Morgan fingerprint density at radius 2 is 1.96 bits per heavy atom. The summed E-state index contributed by atoms with van der Waals surface area (Å²) in [5, 5.41) is 3.61. The Balaban J connectivity index is 1.89. The molecule has 2 aromatic rings. The minimum Gasteiger partial charge on any atom is -0.451 e. The number of esters is 1. The molecule has 132 valence electrons. The van der Waals surface area contributed by atoms with Crippen LogP contribution in [0.1, 0.15) is 46.3 Å². The SMILES string of the molecule is CC(=O)c1c[nH]c(C(=O)OCC(=O)N[C@@H](C)c2ccc(Cl)cc2Cl)c1. The summed E-state index contributed by atoms with van der Waals surface area (Å²) >= 11 is 11.9. The average molecular weight is 383 g/mol. The van der Waals surface area contributed by atoms with E-state index in [0.29, 0.717) is 21.2 Å². The van der Waals surface area contributed by atoms with Crippen molar-refractivity contribution in [2.45, 2.75) is 19.9 Å². The van der Waals surface area contributed by atoms with Crippen LogP contribution in [0, 0.1) is 0 Å². The minimum atomic E-state index is -0.722. The zero-order valence-electron chi connectivity index (χ0n) is 13.6. The molecule has 0 aliphatic rings. The summed E-state index contributed by atoms with van der Waals surface area (Å²) in [7, 11) is 0. The normalized spacial score (nSPS) is 11.7. The van der Waals surface area contributed by atoms with Gasteiger partial charge in [0.05, 0.1) is 6.04 Å². The first-order valence-electron chi connectivity index (χ1n) is 7.38. The van der Waals surface area contributed by atoms with Crippen molar-refractivity contribution in [3.8, 4) is 0 Å². The lowest BCUT2D eigenvalue weighted by atomic mass is 10.1. The fourth-order valence-corrected chi connectivity index (χ4v) is 2.71. The number of halogens is 2. The van der Waals surface area contributed by atoms with Gasteiger partial charge in [-0.1, -0.05) is 29.3 Å². The maximum Gasteiger partial charge on any atom is 0.355 e. The maximum atomic E-state index is 11.9. The highest BCUT2D eigenvalue weighted by Crippen LogP contribution is 2.25. The first kappa shape index (κ1) is 19.0. The standard InChI is InChI=1S/C17H16Cl2N2O4/c1-9(13-4-3-12(18)6-14(13)19)21-16(23)8-25-17(24)15-5-11(7-20-15)10(2)22/h3-7,9,20H,8H2,1-2H3,(H,21,23)/t9-/m0/s1. The van der Waals surface area contributed by atoms with E-state index in [2.05, 4.69) is 10.3 Å². The van der Waals surface area contributed by atoms with E-state index in [1.807, 2.05) is 0 Å². The smallest absolute Gasteiger partial charge is 0.355 e. The lowest BCUT2D eigenvalue weighted by Crippen LogP contribution is -2.31. The van der Waals surface area contributed by atoms with Gasteiger partial charge in [0.25, 0.3) is 5.91 Å². The number of aromatic amines is 1. The Labute approximate surface area is 154 Å². The van der Waals surface area contributed by atoms with Gasteiger partial charge < -0.3 is 15.0 Å². The number of aromatic nitrogens is 1. The molecule has 0 unspecified atom stereocenters. The van der Waals surface area contributed by atoms with Crippen LogP contribution >= 0.6 is 23.2 Å². The van der Waals surface area contributed by atoms with Gasteiger partial charge in [0.1, 0.15) is 5.69 Å². The molecule has 2 rings (SSSR count). The molecule has 0 fully saturated rings. The Hall–Kier alpha value is -2.31. The molecule has 1 aromatic heterocycles. The van der Waals surface area contributed by atoms with Crippen molar-refractivity contribution in [1.82, 2.24) is 10.3 Å². The fourth-order valence-electron chi connectivity index (χ4n) is 2.14. The number of Topliss-reactive ketones (excluding diaryl/α,β-unsaturated/α-hetero) is 1. The van der Waals surface area contributed by atoms with Crippen LogP contribution in [0.15, 0.2) is 30.5 Å². The molecule has 0 aliphatic heterocycles. The summed E-state index contributed by atoms with van der Waals surface area (Å²) in [6.07, 6.45) is 1.41. The molecule has 8 heteroatoms. The highest BCUT2D eigenvalue weighted by atomic mass is 35.5.